The second kappa shape index (κ2) is 8.22. The molecular formula is C17H23NO4. The molecule has 22 heavy (non-hydrogen) atoms. The van der Waals surface area contributed by atoms with Crippen LogP contribution >= 0.6 is 0 Å². The van der Waals surface area contributed by atoms with Crippen molar-refractivity contribution in [3.8, 4) is 0 Å². The second-order valence-electron chi connectivity index (χ2n) is 5.55. The van der Waals surface area contributed by atoms with Gasteiger partial charge in [-0.25, -0.2) is 4.79 Å². The minimum atomic E-state index is -1.08. The van der Waals surface area contributed by atoms with Gasteiger partial charge in [0.2, 0.25) is 0 Å². The fourth-order valence-corrected chi connectivity index (χ4v) is 2.07. The number of rotatable bonds is 5. The first-order valence-corrected chi connectivity index (χ1v) is 7.36. The van der Waals surface area contributed by atoms with Gasteiger partial charge in [-0.15, -0.1) is 0 Å². The van der Waals surface area contributed by atoms with Crippen molar-refractivity contribution in [3.63, 3.8) is 0 Å². The number of unbranched alkanes of at least 4 members (excludes halogenated alkanes) is 1. The monoisotopic (exact) mass is 305 g/mol. The Balaban J connectivity index is 0.000000235. The van der Waals surface area contributed by atoms with Gasteiger partial charge in [-0.05, 0) is 38.3 Å². The predicted molar refractivity (Wildman–Crippen MR) is 84.6 cm³/mol. The summed E-state index contributed by atoms with van der Waals surface area (Å²) in [4.78, 5) is 24.5. The SMILES string of the molecule is CC1(C(=O)O)C=CC=C(C(=O)O)C1.CCCCc1ccc[nH]1. The summed E-state index contributed by atoms with van der Waals surface area (Å²) in [5.41, 5.74) is 0.409. The lowest BCUT2D eigenvalue weighted by molar-refractivity contribution is -0.145. The fourth-order valence-electron chi connectivity index (χ4n) is 2.07. The summed E-state index contributed by atoms with van der Waals surface area (Å²) >= 11 is 0. The van der Waals surface area contributed by atoms with Crippen LogP contribution in [-0.4, -0.2) is 27.1 Å². The maximum absolute atomic E-state index is 10.8. The van der Waals surface area contributed by atoms with Crippen LogP contribution in [0.2, 0.25) is 0 Å². The third-order valence-electron chi connectivity index (χ3n) is 3.54. The number of allylic oxidation sites excluding steroid dienone is 2. The van der Waals surface area contributed by atoms with Crippen LogP contribution in [0.25, 0.3) is 0 Å². The molecule has 1 heterocycles. The molecule has 1 aliphatic carbocycles. The number of aryl methyl sites for hydroxylation is 1. The van der Waals surface area contributed by atoms with Gasteiger partial charge in [0.25, 0.3) is 0 Å². The Hall–Kier alpha value is -2.30. The van der Waals surface area contributed by atoms with Gasteiger partial charge in [0.05, 0.1) is 5.41 Å². The van der Waals surface area contributed by atoms with Crippen molar-refractivity contribution >= 4 is 11.9 Å². The molecule has 0 spiro atoms. The molecule has 2 rings (SSSR count). The van der Waals surface area contributed by atoms with Crippen LogP contribution in [0.3, 0.4) is 0 Å². The van der Waals surface area contributed by atoms with E-state index in [1.165, 1.54) is 50.1 Å². The van der Waals surface area contributed by atoms with Crippen LogP contribution < -0.4 is 0 Å². The molecule has 1 aromatic heterocycles. The van der Waals surface area contributed by atoms with Crippen molar-refractivity contribution in [2.45, 2.75) is 39.5 Å². The third kappa shape index (κ3) is 5.24. The van der Waals surface area contributed by atoms with Gasteiger partial charge in [0.15, 0.2) is 0 Å². The standard InChI is InChI=1S/C9H10O4.C8H13N/c1-9(8(12)13)4-2-3-6(5-9)7(10)11;1-2-3-5-8-6-4-7-9-8/h2-4H,5H2,1H3,(H,10,11)(H,12,13);4,6-7,9H,2-3,5H2,1H3. The molecule has 0 saturated carbocycles. The molecule has 5 heteroatoms. The Morgan fingerprint density at radius 2 is 2.09 bits per heavy atom. The van der Waals surface area contributed by atoms with E-state index in [9.17, 15) is 9.59 Å². The fraction of sp³-hybridized carbons (Fsp3) is 0.412. The summed E-state index contributed by atoms with van der Waals surface area (Å²) in [5, 5.41) is 17.5. The maximum Gasteiger partial charge on any atom is 0.331 e. The zero-order chi connectivity index (χ0) is 16.6. The zero-order valence-electron chi connectivity index (χ0n) is 13.0. The zero-order valence-corrected chi connectivity index (χ0v) is 13.0. The quantitative estimate of drug-likeness (QED) is 0.777. The lowest BCUT2D eigenvalue weighted by Crippen LogP contribution is -2.28. The number of aromatic nitrogens is 1. The number of hydrogen-bond donors (Lipinski definition) is 3. The Labute approximate surface area is 130 Å². The molecule has 0 saturated heterocycles. The minimum Gasteiger partial charge on any atom is -0.481 e. The summed E-state index contributed by atoms with van der Waals surface area (Å²) in [6, 6.07) is 4.18. The van der Waals surface area contributed by atoms with Crippen LogP contribution in [0.15, 0.2) is 42.1 Å². The molecule has 5 nitrogen and oxygen atoms in total. The topological polar surface area (TPSA) is 90.4 Å². The number of aromatic amines is 1. The van der Waals surface area contributed by atoms with Crippen molar-refractivity contribution in [1.82, 2.24) is 4.98 Å². The highest BCUT2D eigenvalue weighted by Gasteiger charge is 2.34. The van der Waals surface area contributed by atoms with Crippen LogP contribution in [0.5, 0.6) is 0 Å². The van der Waals surface area contributed by atoms with E-state index >= 15 is 0 Å². The van der Waals surface area contributed by atoms with Crippen molar-refractivity contribution in [2.75, 3.05) is 0 Å². The lowest BCUT2D eigenvalue weighted by atomic mass is 9.80. The van der Waals surface area contributed by atoms with Gasteiger partial charge in [-0.3, -0.25) is 4.79 Å². The summed E-state index contributed by atoms with van der Waals surface area (Å²) in [5.74, 6) is -2.06. The average molecular weight is 305 g/mol. The molecule has 0 fully saturated rings. The molecule has 1 atom stereocenters. The van der Waals surface area contributed by atoms with Gasteiger partial charge < -0.3 is 15.2 Å². The van der Waals surface area contributed by atoms with Crippen molar-refractivity contribution in [2.24, 2.45) is 5.41 Å². The van der Waals surface area contributed by atoms with E-state index in [1.54, 1.807) is 0 Å². The molecule has 1 aromatic rings. The highest BCUT2D eigenvalue weighted by molar-refractivity contribution is 5.90. The summed E-state index contributed by atoms with van der Waals surface area (Å²) in [7, 11) is 0. The molecule has 0 aromatic carbocycles. The predicted octanol–water partition coefficient (Wildman–Crippen LogP) is 3.41. The molecule has 0 radical (unpaired) electrons. The van der Waals surface area contributed by atoms with Gasteiger partial charge >= 0.3 is 11.9 Å². The number of carboxylic acids is 2. The molecular weight excluding hydrogens is 282 g/mol. The number of H-pyrrole nitrogens is 1. The van der Waals surface area contributed by atoms with Crippen LogP contribution in [0.4, 0.5) is 0 Å². The third-order valence-corrected chi connectivity index (χ3v) is 3.54. The number of carbonyl (C=O) groups is 2. The van der Waals surface area contributed by atoms with E-state index in [0.717, 1.165) is 0 Å². The first-order valence-electron chi connectivity index (χ1n) is 7.36. The normalized spacial score (nSPS) is 19.8. The summed E-state index contributed by atoms with van der Waals surface area (Å²) < 4.78 is 0. The van der Waals surface area contributed by atoms with E-state index < -0.39 is 17.4 Å². The van der Waals surface area contributed by atoms with Crippen molar-refractivity contribution < 1.29 is 19.8 Å². The largest absolute Gasteiger partial charge is 0.481 e. The van der Waals surface area contributed by atoms with E-state index in [2.05, 4.69) is 18.0 Å². The molecule has 0 bridgehead atoms. The first kappa shape index (κ1) is 17.8. The number of carboxylic acid groups (broad SMARTS) is 2. The van der Waals surface area contributed by atoms with Crippen molar-refractivity contribution in [1.29, 1.82) is 0 Å². The van der Waals surface area contributed by atoms with Crippen LogP contribution in [-0.2, 0) is 16.0 Å². The van der Waals surface area contributed by atoms with Crippen LogP contribution in [0, 0.1) is 5.41 Å². The van der Waals surface area contributed by atoms with Crippen molar-refractivity contribution in [3.05, 3.63) is 47.8 Å². The van der Waals surface area contributed by atoms with Crippen LogP contribution in [0.1, 0.15) is 38.8 Å². The number of nitrogens with one attached hydrogen (secondary N) is 1. The van der Waals surface area contributed by atoms with Gasteiger partial charge in [-0.2, -0.15) is 0 Å². The smallest absolute Gasteiger partial charge is 0.331 e. The van der Waals surface area contributed by atoms with E-state index in [4.69, 9.17) is 10.2 Å². The highest BCUT2D eigenvalue weighted by Crippen LogP contribution is 2.31. The second-order valence-corrected chi connectivity index (χ2v) is 5.55. The van der Waals surface area contributed by atoms with E-state index in [1.807, 2.05) is 12.3 Å². The van der Waals surface area contributed by atoms with Gasteiger partial charge in [-0.1, -0.05) is 31.6 Å². The summed E-state index contributed by atoms with van der Waals surface area (Å²) in [6.45, 7) is 3.71. The highest BCUT2D eigenvalue weighted by atomic mass is 16.4. The minimum absolute atomic E-state index is 0.0359. The van der Waals surface area contributed by atoms with E-state index in [-0.39, 0.29) is 12.0 Å². The lowest BCUT2D eigenvalue weighted by Gasteiger charge is -2.23. The average Bonchev–Trinajstić information content (AvgIpc) is 2.99. The summed E-state index contributed by atoms with van der Waals surface area (Å²) in [6.07, 6.45) is 10.2. The Bertz CT molecular complexity index is 557. The Morgan fingerprint density at radius 3 is 2.59 bits per heavy atom. The number of aliphatic carboxylic acids is 2. The molecule has 0 aliphatic heterocycles. The maximum atomic E-state index is 10.8. The van der Waals surface area contributed by atoms with Gasteiger partial charge in [0.1, 0.15) is 0 Å². The number of hydrogen-bond acceptors (Lipinski definition) is 2. The first-order chi connectivity index (χ1) is 10.4. The molecule has 0 amide bonds. The molecule has 120 valence electrons. The van der Waals surface area contributed by atoms with Gasteiger partial charge in [0, 0.05) is 17.5 Å². The molecule has 3 N–H and O–H groups in total. The molecule has 1 aliphatic rings. The molecule has 1 unspecified atom stereocenters. The Morgan fingerprint density at radius 1 is 1.36 bits per heavy atom. The Kier molecular flexibility index (Phi) is 6.63. The van der Waals surface area contributed by atoms with E-state index in [0.29, 0.717) is 0 Å².